The summed E-state index contributed by atoms with van der Waals surface area (Å²) in [4.78, 5) is 25.6. The Morgan fingerprint density at radius 2 is 2.20 bits per heavy atom. The van der Waals surface area contributed by atoms with Gasteiger partial charge in [-0.1, -0.05) is 6.07 Å². The number of imide groups is 1. The summed E-state index contributed by atoms with van der Waals surface area (Å²) in [5.41, 5.74) is 0. The zero-order chi connectivity index (χ0) is 11.0. The van der Waals surface area contributed by atoms with E-state index in [1.165, 1.54) is 16.2 Å². The van der Waals surface area contributed by atoms with Crippen molar-refractivity contribution in [3.05, 3.63) is 22.4 Å². The molecule has 0 aromatic carbocycles. The van der Waals surface area contributed by atoms with E-state index < -0.39 is 6.04 Å². The van der Waals surface area contributed by atoms with Crippen LogP contribution < -0.4 is 5.32 Å². The predicted molar refractivity (Wildman–Crippen MR) is 57.6 cm³/mol. The SMILES string of the molecule is CC(C)N1C(=O)NC(c2cccs2)C1=O. The highest BCUT2D eigenvalue weighted by molar-refractivity contribution is 7.10. The molecule has 1 unspecified atom stereocenters. The third kappa shape index (κ3) is 1.63. The first-order chi connectivity index (χ1) is 7.11. The van der Waals surface area contributed by atoms with Gasteiger partial charge in [0.25, 0.3) is 5.91 Å². The Balaban J connectivity index is 2.26. The van der Waals surface area contributed by atoms with Crippen LogP contribution in [0.2, 0.25) is 0 Å². The Labute approximate surface area is 91.9 Å². The van der Waals surface area contributed by atoms with Gasteiger partial charge in [-0.25, -0.2) is 4.79 Å². The van der Waals surface area contributed by atoms with Gasteiger partial charge in [0.05, 0.1) is 0 Å². The lowest BCUT2D eigenvalue weighted by Crippen LogP contribution is -2.36. The second-order valence-corrected chi connectivity index (χ2v) is 4.68. The summed E-state index contributed by atoms with van der Waals surface area (Å²) in [6, 6.07) is 2.85. The van der Waals surface area contributed by atoms with Crippen molar-refractivity contribution in [1.82, 2.24) is 10.2 Å². The lowest BCUT2D eigenvalue weighted by molar-refractivity contribution is -0.128. The first kappa shape index (κ1) is 10.2. The standard InChI is InChI=1S/C10H12N2O2S/c1-6(2)12-9(13)8(11-10(12)14)7-4-3-5-15-7/h3-6,8H,1-2H3,(H,11,14). The molecule has 1 saturated heterocycles. The first-order valence-corrected chi connectivity index (χ1v) is 5.66. The summed E-state index contributed by atoms with van der Waals surface area (Å²) >= 11 is 1.48. The number of nitrogens with one attached hydrogen (secondary N) is 1. The van der Waals surface area contributed by atoms with Crippen molar-refractivity contribution in [3.8, 4) is 0 Å². The molecular formula is C10H12N2O2S. The van der Waals surface area contributed by atoms with Crippen LogP contribution in [0.5, 0.6) is 0 Å². The average molecular weight is 224 g/mol. The fraction of sp³-hybridized carbons (Fsp3) is 0.400. The number of rotatable bonds is 2. The predicted octanol–water partition coefficient (Wildman–Crippen LogP) is 1.75. The van der Waals surface area contributed by atoms with E-state index in [0.29, 0.717) is 0 Å². The van der Waals surface area contributed by atoms with Crippen LogP contribution in [0, 0.1) is 0 Å². The fourth-order valence-corrected chi connectivity index (χ4v) is 2.40. The van der Waals surface area contributed by atoms with Crippen LogP contribution in [0.25, 0.3) is 0 Å². The Kier molecular flexibility index (Phi) is 2.48. The maximum absolute atomic E-state index is 11.9. The zero-order valence-electron chi connectivity index (χ0n) is 8.56. The lowest BCUT2D eigenvalue weighted by Gasteiger charge is -2.16. The molecule has 5 heteroatoms. The third-order valence-corrected chi connectivity index (χ3v) is 3.25. The number of carbonyl (C=O) groups excluding carboxylic acids is 2. The summed E-state index contributed by atoms with van der Waals surface area (Å²) in [7, 11) is 0. The van der Waals surface area contributed by atoms with Gasteiger partial charge >= 0.3 is 6.03 Å². The number of nitrogens with zero attached hydrogens (tertiary/aromatic N) is 1. The van der Waals surface area contributed by atoms with E-state index in [2.05, 4.69) is 5.32 Å². The van der Waals surface area contributed by atoms with Gasteiger partial charge in [-0.05, 0) is 25.3 Å². The monoisotopic (exact) mass is 224 g/mol. The van der Waals surface area contributed by atoms with Crippen molar-refractivity contribution in [2.24, 2.45) is 0 Å². The molecule has 3 amide bonds. The molecule has 0 bridgehead atoms. The molecule has 15 heavy (non-hydrogen) atoms. The van der Waals surface area contributed by atoms with Crippen LogP contribution in [0.4, 0.5) is 4.79 Å². The molecule has 0 spiro atoms. The Morgan fingerprint density at radius 3 is 2.67 bits per heavy atom. The van der Waals surface area contributed by atoms with Crippen LogP contribution in [-0.4, -0.2) is 22.9 Å². The van der Waals surface area contributed by atoms with Gasteiger partial charge in [-0.3, -0.25) is 9.69 Å². The fourth-order valence-electron chi connectivity index (χ4n) is 1.63. The molecule has 0 aliphatic carbocycles. The molecule has 4 nitrogen and oxygen atoms in total. The molecule has 1 aliphatic heterocycles. The first-order valence-electron chi connectivity index (χ1n) is 4.78. The highest BCUT2D eigenvalue weighted by Gasteiger charge is 2.40. The van der Waals surface area contributed by atoms with Gasteiger partial charge in [0.15, 0.2) is 0 Å². The van der Waals surface area contributed by atoms with Gasteiger partial charge < -0.3 is 5.32 Å². The molecule has 1 N–H and O–H groups in total. The van der Waals surface area contributed by atoms with Crippen LogP contribution >= 0.6 is 11.3 Å². The number of hydrogen-bond donors (Lipinski definition) is 1. The maximum Gasteiger partial charge on any atom is 0.325 e. The third-order valence-electron chi connectivity index (χ3n) is 2.32. The van der Waals surface area contributed by atoms with Gasteiger partial charge in [0.2, 0.25) is 0 Å². The smallest absolute Gasteiger partial charge is 0.321 e. The molecule has 2 heterocycles. The van der Waals surface area contributed by atoms with E-state index in [1.807, 2.05) is 31.4 Å². The number of amides is 3. The van der Waals surface area contributed by atoms with Crippen molar-refractivity contribution >= 4 is 23.3 Å². The Bertz CT molecular complexity index is 386. The van der Waals surface area contributed by atoms with Gasteiger partial charge in [-0.2, -0.15) is 0 Å². The Morgan fingerprint density at radius 1 is 1.47 bits per heavy atom. The number of thiophene rings is 1. The van der Waals surface area contributed by atoms with Crippen LogP contribution in [0.3, 0.4) is 0 Å². The number of carbonyl (C=O) groups is 2. The van der Waals surface area contributed by atoms with Crippen molar-refractivity contribution in [2.45, 2.75) is 25.9 Å². The number of urea groups is 1. The van der Waals surface area contributed by atoms with Crippen molar-refractivity contribution in [2.75, 3.05) is 0 Å². The molecule has 0 saturated carbocycles. The molecule has 1 atom stereocenters. The van der Waals surface area contributed by atoms with Crippen LogP contribution in [-0.2, 0) is 4.79 Å². The summed E-state index contributed by atoms with van der Waals surface area (Å²) in [6.07, 6.45) is 0. The van der Waals surface area contributed by atoms with E-state index in [4.69, 9.17) is 0 Å². The molecule has 1 aliphatic rings. The van der Waals surface area contributed by atoms with Crippen LogP contribution in [0.1, 0.15) is 24.8 Å². The highest BCUT2D eigenvalue weighted by Crippen LogP contribution is 2.26. The van der Waals surface area contributed by atoms with E-state index in [9.17, 15) is 9.59 Å². The average Bonchev–Trinajstić information content (AvgIpc) is 2.72. The van der Waals surface area contributed by atoms with Gasteiger partial charge in [0.1, 0.15) is 6.04 Å². The molecule has 80 valence electrons. The van der Waals surface area contributed by atoms with Gasteiger partial charge in [-0.15, -0.1) is 11.3 Å². The van der Waals surface area contributed by atoms with Crippen molar-refractivity contribution in [3.63, 3.8) is 0 Å². The van der Waals surface area contributed by atoms with E-state index in [-0.39, 0.29) is 18.0 Å². The normalized spacial score (nSPS) is 21.3. The minimum Gasteiger partial charge on any atom is -0.321 e. The lowest BCUT2D eigenvalue weighted by atomic mass is 10.2. The summed E-state index contributed by atoms with van der Waals surface area (Å²) in [5.74, 6) is -0.155. The molecule has 1 aromatic heterocycles. The quantitative estimate of drug-likeness (QED) is 0.778. The molecule has 1 fully saturated rings. The van der Waals surface area contributed by atoms with E-state index in [0.717, 1.165) is 4.88 Å². The maximum atomic E-state index is 11.9. The second kappa shape index (κ2) is 3.66. The van der Waals surface area contributed by atoms with Gasteiger partial charge in [0, 0.05) is 10.9 Å². The van der Waals surface area contributed by atoms with Crippen molar-refractivity contribution < 1.29 is 9.59 Å². The Hall–Kier alpha value is -1.36. The zero-order valence-corrected chi connectivity index (χ0v) is 9.38. The topological polar surface area (TPSA) is 49.4 Å². The van der Waals surface area contributed by atoms with Crippen LogP contribution in [0.15, 0.2) is 17.5 Å². The largest absolute Gasteiger partial charge is 0.325 e. The van der Waals surface area contributed by atoms with Crippen molar-refractivity contribution in [1.29, 1.82) is 0 Å². The summed E-state index contributed by atoms with van der Waals surface area (Å²) in [6.45, 7) is 3.66. The molecular weight excluding hydrogens is 212 g/mol. The summed E-state index contributed by atoms with van der Waals surface area (Å²) in [5, 5.41) is 4.58. The number of hydrogen-bond acceptors (Lipinski definition) is 3. The second-order valence-electron chi connectivity index (χ2n) is 3.70. The summed E-state index contributed by atoms with van der Waals surface area (Å²) < 4.78 is 0. The minimum atomic E-state index is -0.486. The molecule has 0 radical (unpaired) electrons. The highest BCUT2D eigenvalue weighted by atomic mass is 32.1. The van der Waals surface area contributed by atoms with E-state index >= 15 is 0 Å². The minimum absolute atomic E-state index is 0.0949. The molecule has 1 aromatic rings. The molecule has 2 rings (SSSR count). The van der Waals surface area contributed by atoms with E-state index in [1.54, 1.807) is 0 Å².